The molecule has 0 bridgehead atoms. The van der Waals surface area contributed by atoms with Crippen molar-refractivity contribution < 1.29 is 5.11 Å². The zero-order valence-corrected chi connectivity index (χ0v) is 11.1. The number of rotatable bonds is 2. The summed E-state index contributed by atoms with van der Waals surface area (Å²) in [6.45, 7) is 0.490. The van der Waals surface area contributed by atoms with Gasteiger partial charge < -0.3 is 10.8 Å². The van der Waals surface area contributed by atoms with E-state index >= 15 is 0 Å². The SMILES string of the molecule is NCC1(c2cccc(Cl)c2Cl)CCCC(O)C1. The highest BCUT2D eigenvalue weighted by Crippen LogP contribution is 2.43. The van der Waals surface area contributed by atoms with E-state index in [1.807, 2.05) is 12.1 Å². The third-order valence-corrected chi connectivity index (χ3v) is 4.55. The Balaban J connectivity index is 2.43. The van der Waals surface area contributed by atoms with Crippen LogP contribution >= 0.6 is 23.2 Å². The topological polar surface area (TPSA) is 46.2 Å². The van der Waals surface area contributed by atoms with Crippen LogP contribution in [0.5, 0.6) is 0 Å². The Kier molecular flexibility index (Phi) is 3.99. The van der Waals surface area contributed by atoms with Gasteiger partial charge in [-0.2, -0.15) is 0 Å². The zero-order valence-electron chi connectivity index (χ0n) is 9.63. The fourth-order valence-corrected chi connectivity index (χ4v) is 3.29. The Morgan fingerprint density at radius 2 is 2.18 bits per heavy atom. The van der Waals surface area contributed by atoms with Gasteiger partial charge in [0.2, 0.25) is 0 Å². The minimum atomic E-state index is -0.289. The van der Waals surface area contributed by atoms with Gasteiger partial charge in [0.1, 0.15) is 0 Å². The molecule has 0 aromatic heterocycles. The van der Waals surface area contributed by atoms with Gasteiger partial charge in [0.05, 0.1) is 16.1 Å². The average Bonchev–Trinajstić information content (AvgIpc) is 2.32. The molecule has 4 heteroatoms. The highest BCUT2D eigenvalue weighted by molar-refractivity contribution is 6.42. The second kappa shape index (κ2) is 5.15. The lowest BCUT2D eigenvalue weighted by atomic mass is 9.68. The number of halogens is 2. The van der Waals surface area contributed by atoms with E-state index in [-0.39, 0.29) is 11.5 Å². The van der Waals surface area contributed by atoms with Crippen LogP contribution < -0.4 is 5.73 Å². The molecule has 0 spiro atoms. The zero-order chi connectivity index (χ0) is 12.5. The van der Waals surface area contributed by atoms with E-state index in [1.54, 1.807) is 6.07 Å². The first-order valence-electron chi connectivity index (χ1n) is 5.92. The second-order valence-corrected chi connectivity index (χ2v) is 5.62. The van der Waals surface area contributed by atoms with Crippen LogP contribution in [0.2, 0.25) is 10.0 Å². The minimum Gasteiger partial charge on any atom is -0.393 e. The lowest BCUT2D eigenvalue weighted by Gasteiger charge is -2.39. The van der Waals surface area contributed by atoms with E-state index in [0.29, 0.717) is 23.0 Å². The molecule has 0 aliphatic heterocycles. The van der Waals surface area contributed by atoms with Crippen molar-refractivity contribution in [3.8, 4) is 0 Å². The predicted octanol–water partition coefficient (Wildman–Crippen LogP) is 3.12. The summed E-state index contributed by atoms with van der Waals surface area (Å²) in [6.07, 6.45) is 3.16. The first-order valence-corrected chi connectivity index (χ1v) is 6.67. The smallest absolute Gasteiger partial charge is 0.0630 e. The standard InChI is InChI=1S/C13H17Cl2NO/c14-11-5-1-4-10(12(11)15)13(8-16)6-2-3-9(17)7-13/h1,4-5,9,17H,2-3,6-8,16H2. The molecule has 17 heavy (non-hydrogen) atoms. The molecule has 1 aromatic rings. The van der Waals surface area contributed by atoms with Crippen LogP contribution in [0.3, 0.4) is 0 Å². The molecule has 0 amide bonds. The number of aliphatic hydroxyl groups is 1. The van der Waals surface area contributed by atoms with Crippen molar-refractivity contribution in [3.63, 3.8) is 0 Å². The van der Waals surface area contributed by atoms with Crippen molar-refractivity contribution in [2.24, 2.45) is 5.73 Å². The normalized spacial score (nSPS) is 29.3. The molecule has 94 valence electrons. The molecule has 0 radical (unpaired) electrons. The maximum Gasteiger partial charge on any atom is 0.0630 e. The van der Waals surface area contributed by atoms with Gasteiger partial charge in [0, 0.05) is 12.0 Å². The van der Waals surface area contributed by atoms with E-state index in [9.17, 15) is 5.11 Å². The van der Waals surface area contributed by atoms with Gasteiger partial charge in [0.25, 0.3) is 0 Å². The summed E-state index contributed by atoms with van der Waals surface area (Å²) in [5.74, 6) is 0. The molecular formula is C13H17Cl2NO. The monoisotopic (exact) mass is 273 g/mol. The molecule has 1 fully saturated rings. The first kappa shape index (κ1) is 13.2. The van der Waals surface area contributed by atoms with Gasteiger partial charge in [-0.1, -0.05) is 35.3 Å². The lowest BCUT2D eigenvalue weighted by molar-refractivity contribution is 0.0872. The fourth-order valence-electron chi connectivity index (χ4n) is 2.78. The van der Waals surface area contributed by atoms with Crippen LogP contribution in [0.15, 0.2) is 18.2 Å². The summed E-state index contributed by atoms with van der Waals surface area (Å²) in [5, 5.41) is 11.0. The molecule has 2 unspecified atom stereocenters. The third-order valence-electron chi connectivity index (χ3n) is 3.73. The Hall–Kier alpha value is -0.280. The Morgan fingerprint density at radius 1 is 1.41 bits per heavy atom. The van der Waals surface area contributed by atoms with Gasteiger partial charge >= 0.3 is 0 Å². The van der Waals surface area contributed by atoms with Crippen molar-refractivity contribution in [1.82, 2.24) is 0 Å². The molecule has 0 heterocycles. The first-order chi connectivity index (χ1) is 8.09. The fraction of sp³-hybridized carbons (Fsp3) is 0.538. The van der Waals surface area contributed by atoms with Gasteiger partial charge in [0.15, 0.2) is 0 Å². The summed E-state index contributed by atoms with van der Waals surface area (Å²) >= 11 is 12.3. The maximum atomic E-state index is 9.87. The molecule has 1 aromatic carbocycles. The maximum absolute atomic E-state index is 9.87. The highest BCUT2D eigenvalue weighted by Gasteiger charge is 2.37. The minimum absolute atomic E-state index is 0.223. The summed E-state index contributed by atoms with van der Waals surface area (Å²) in [5.41, 5.74) is 6.70. The summed E-state index contributed by atoms with van der Waals surface area (Å²) in [4.78, 5) is 0. The molecule has 1 aliphatic rings. The average molecular weight is 274 g/mol. The van der Waals surface area contributed by atoms with Crippen molar-refractivity contribution >= 4 is 23.2 Å². The molecule has 3 N–H and O–H groups in total. The van der Waals surface area contributed by atoms with Crippen molar-refractivity contribution in [1.29, 1.82) is 0 Å². The second-order valence-electron chi connectivity index (χ2n) is 4.84. The Bertz CT molecular complexity index is 410. The van der Waals surface area contributed by atoms with Crippen LogP contribution in [0.1, 0.15) is 31.2 Å². The van der Waals surface area contributed by atoms with E-state index in [1.165, 1.54) is 0 Å². The van der Waals surface area contributed by atoms with Gasteiger partial charge in [-0.3, -0.25) is 0 Å². The molecule has 2 rings (SSSR count). The molecule has 2 atom stereocenters. The number of hydrogen-bond donors (Lipinski definition) is 2. The number of hydrogen-bond acceptors (Lipinski definition) is 2. The quantitative estimate of drug-likeness (QED) is 0.870. The summed E-state index contributed by atoms with van der Waals surface area (Å²) < 4.78 is 0. The number of aliphatic hydroxyl groups excluding tert-OH is 1. The largest absolute Gasteiger partial charge is 0.393 e. The van der Waals surface area contributed by atoms with Crippen LogP contribution in [0.4, 0.5) is 0 Å². The van der Waals surface area contributed by atoms with Gasteiger partial charge in [-0.15, -0.1) is 0 Å². The molecule has 2 nitrogen and oxygen atoms in total. The van der Waals surface area contributed by atoms with E-state index < -0.39 is 0 Å². The Morgan fingerprint density at radius 3 is 2.82 bits per heavy atom. The summed E-state index contributed by atoms with van der Waals surface area (Å²) in [6, 6.07) is 5.64. The van der Waals surface area contributed by atoms with Crippen LogP contribution in [0, 0.1) is 0 Å². The predicted molar refractivity (Wildman–Crippen MR) is 71.7 cm³/mol. The molecule has 0 saturated heterocycles. The van der Waals surface area contributed by atoms with Crippen LogP contribution in [-0.4, -0.2) is 17.8 Å². The van der Waals surface area contributed by atoms with Crippen molar-refractivity contribution in [2.75, 3.05) is 6.54 Å². The molecular weight excluding hydrogens is 257 g/mol. The van der Waals surface area contributed by atoms with Gasteiger partial charge in [-0.05, 0) is 37.3 Å². The van der Waals surface area contributed by atoms with Crippen molar-refractivity contribution in [2.45, 2.75) is 37.2 Å². The Labute approximate surface area is 112 Å². The highest BCUT2D eigenvalue weighted by atomic mass is 35.5. The number of nitrogens with two attached hydrogens (primary N) is 1. The van der Waals surface area contributed by atoms with E-state index in [4.69, 9.17) is 28.9 Å². The van der Waals surface area contributed by atoms with Crippen molar-refractivity contribution in [3.05, 3.63) is 33.8 Å². The third kappa shape index (κ3) is 2.45. The number of benzene rings is 1. The van der Waals surface area contributed by atoms with Crippen LogP contribution in [0.25, 0.3) is 0 Å². The molecule has 1 saturated carbocycles. The lowest BCUT2D eigenvalue weighted by Crippen LogP contribution is -2.41. The summed E-state index contributed by atoms with van der Waals surface area (Å²) in [7, 11) is 0. The van der Waals surface area contributed by atoms with Gasteiger partial charge in [-0.25, -0.2) is 0 Å². The van der Waals surface area contributed by atoms with Crippen LogP contribution in [-0.2, 0) is 5.41 Å². The molecule has 1 aliphatic carbocycles. The van der Waals surface area contributed by atoms with E-state index in [0.717, 1.165) is 24.8 Å². The van der Waals surface area contributed by atoms with E-state index in [2.05, 4.69) is 0 Å².